The number of carbonyl (C=O) groups is 1. The zero-order chi connectivity index (χ0) is 20.4. The number of benzene rings is 1. The van der Waals surface area contributed by atoms with Crippen LogP contribution in [0.3, 0.4) is 0 Å². The van der Waals surface area contributed by atoms with E-state index < -0.39 is 47.4 Å². The fourth-order valence-corrected chi connectivity index (χ4v) is 2.49. The highest BCUT2D eigenvalue weighted by molar-refractivity contribution is 8.14. The summed E-state index contributed by atoms with van der Waals surface area (Å²) in [6.45, 7) is 0. The molecule has 0 heterocycles. The number of carbonyl (C=O) groups excluding carboxylic acids is 1. The normalized spacial score (nSPS) is 15.0. The Morgan fingerprint density at radius 3 is 1.85 bits per heavy atom. The second-order valence-electron chi connectivity index (χ2n) is 5.03. The van der Waals surface area contributed by atoms with Crippen molar-refractivity contribution in [3.8, 4) is 0 Å². The van der Waals surface area contributed by atoms with Gasteiger partial charge in [0, 0.05) is 11.3 Å². The van der Waals surface area contributed by atoms with E-state index in [0.717, 1.165) is 0 Å². The van der Waals surface area contributed by atoms with E-state index in [0.29, 0.717) is 0 Å². The second kappa shape index (κ2) is 7.65. The van der Waals surface area contributed by atoms with Gasteiger partial charge in [-0.2, -0.15) is 39.5 Å². The molecule has 0 N–H and O–H groups in total. The fraction of sp³-hybridized carbons (Fsp3) is 0.500. The molecule has 0 spiro atoms. The first kappa shape index (κ1) is 22.6. The smallest absolute Gasteiger partial charge is 0.282 e. The van der Waals surface area contributed by atoms with Gasteiger partial charge in [-0.3, -0.25) is 4.79 Å². The highest BCUT2D eigenvalue weighted by Crippen LogP contribution is 2.54. The Labute approximate surface area is 144 Å². The van der Waals surface area contributed by atoms with Crippen LogP contribution in [0.1, 0.15) is 16.8 Å². The largest absolute Gasteiger partial charge is 0.460 e. The Kier molecular flexibility index (Phi) is 6.64. The Balaban J connectivity index is 2.78. The summed E-state index contributed by atoms with van der Waals surface area (Å²) >= 11 is 0.231. The van der Waals surface area contributed by atoms with E-state index in [4.69, 9.17) is 0 Å². The molecule has 12 heteroatoms. The minimum Gasteiger partial charge on any atom is -0.282 e. The molecule has 0 aliphatic rings. The maximum absolute atomic E-state index is 13.4. The van der Waals surface area contributed by atoms with E-state index in [1.54, 1.807) is 6.07 Å². The van der Waals surface area contributed by atoms with Crippen LogP contribution >= 0.6 is 11.8 Å². The molecular formula is C14H10F10OS. The molecule has 148 valence electrons. The summed E-state index contributed by atoms with van der Waals surface area (Å²) in [7, 11) is 0. The van der Waals surface area contributed by atoms with Gasteiger partial charge in [-0.25, -0.2) is 4.39 Å². The molecule has 0 radical (unpaired) electrons. The molecule has 26 heavy (non-hydrogen) atoms. The van der Waals surface area contributed by atoms with Crippen LogP contribution in [0.5, 0.6) is 0 Å². The molecule has 1 nitrogen and oxygen atoms in total. The SMILES string of the molecule is O=C(SCCC(F)C(F)(F)C(F)(F)C(F)(F)C(F)(F)F)c1ccccc1. The number of rotatable bonds is 7. The van der Waals surface area contributed by atoms with E-state index in [9.17, 15) is 48.7 Å². The van der Waals surface area contributed by atoms with Crippen molar-refractivity contribution in [3.05, 3.63) is 35.9 Å². The lowest BCUT2D eigenvalue weighted by Crippen LogP contribution is -2.63. The summed E-state index contributed by atoms with van der Waals surface area (Å²) in [5.74, 6) is -21.3. The van der Waals surface area contributed by atoms with Crippen molar-refractivity contribution in [1.29, 1.82) is 0 Å². The number of hydrogen-bond acceptors (Lipinski definition) is 2. The molecule has 0 aromatic heterocycles. The van der Waals surface area contributed by atoms with E-state index in [-0.39, 0.29) is 17.3 Å². The third-order valence-corrected chi connectivity index (χ3v) is 4.11. The maximum atomic E-state index is 13.4. The lowest BCUT2D eigenvalue weighted by Gasteiger charge is -2.35. The molecule has 0 bridgehead atoms. The van der Waals surface area contributed by atoms with Gasteiger partial charge in [-0.15, -0.1) is 0 Å². The van der Waals surface area contributed by atoms with Crippen LogP contribution in [0.4, 0.5) is 43.9 Å². The van der Waals surface area contributed by atoms with Crippen LogP contribution in [0.15, 0.2) is 30.3 Å². The van der Waals surface area contributed by atoms with Gasteiger partial charge < -0.3 is 0 Å². The molecule has 1 atom stereocenters. The number of alkyl halides is 10. The molecular weight excluding hydrogens is 406 g/mol. The summed E-state index contributed by atoms with van der Waals surface area (Å²) in [4.78, 5) is 11.6. The van der Waals surface area contributed by atoms with E-state index in [1.807, 2.05) is 0 Å². The van der Waals surface area contributed by atoms with Gasteiger partial charge in [0.1, 0.15) is 0 Å². The predicted molar refractivity (Wildman–Crippen MR) is 73.6 cm³/mol. The second-order valence-corrected chi connectivity index (χ2v) is 6.10. The van der Waals surface area contributed by atoms with Gasteiger partial charge in [0.15, 0.2) is 6.17 Å². The third-order valence-electron chi connectivity index (χ3n) is 3.18. The highest BCUT2D eigenvalue weighted by Gasteiger charge is 2.83. The Morgan fingerprint density at radius 2 is 1.38 bits per heavy atom. The van der Waals surface area contributed by atoms with Gasteiger partial charge in [-0.05, 0) is 6.42 Å². The summed E-state index contributed by atoms with van der Waals surface area (Å²) in [5.41, 5.74) is 0.0774. The van der Waals surface area contributed by atoms with Crippen LogP contribution in [-0.4, -0.2) is 41.0 Å². The van der Waals surface area contributed by atoms with Crippen molar-refractivity contribution in [2.75, 3.05) is 5.75 Å². The molecule has 0 fully saturated rings. The molecule has 0 aliphatic carbocycles. The highest BCUT2D eigenvalue weighted by atomic mass is 32.2. The molecule has 1 unspecified atom stereocenters. The topological polar surface area (TPSA) is 17.1 Å². The Hall–Kier alpha value is -1.46. The van der Waals surface area contributed by atoms with E-state index >= 15 is 0 Å². The van der Waals surface area contributed by atoms with Gasteiger partial charge in [-0.1, -0.05) is 42.1 Å². The molecule has 0 saturated carbocycles. The molecule has 1 aromatic rings. The quantitative estimate of drug-likeness (QED) is 0.526. The average molecular weight is 416 g/mol. The Bertz CT molecular complexity index is 614. The van der Waals surface area contributed by atoms with Crippen LogP contribution in [-0.2, 0) is 0 Å². The lowest BCUT2D eigenvalue weighted by molar-refractivity contribution is -0.402. The number of hydrogen-bond donors (Lipinski definition) is 0. The molecule has 1 rings (SSSR count). The summed E-state index contributed by atoms with van der Waals surface area (Å²) in [6, 6.07) is 7.06. The van der Waals surface area contributed by atoms with Crippen molar-refractivity contribution in [2.45, 2.75) is 36.5 Å². The fourth-order valence-electron chi connectivity index (χ4n) is 1.68. The first-order valence-corrected chi connectivity index (χ1v) is 7.71. The van der Waals surface area contributed by atoms with E-state index in [1.165, 1.54) is 24.3 Å². The van der Waals surface area contributed by atoms with E-state index in [2.05, 4.69) is 0 Å². The van der Waals surface area contributed by atoms with Crippen LogP contribution in [0, 0.1) is 0 Å². The summed E-state index contributed by atoms with van der Waals surface area (Å²) < 4.78 is 127. The van der Waals surface area contributed by atoms with Gasteiger partial charge in [0.05, 0.1) is 0 Å². The summed E-state index contributed by atoms with van der Waals surface area (Å²) in [5, 5.41) is -0.742. The molecule has 1 aromatic carbocycles. The van der Waals surface area contributed by atoms with Crippen molar-refractivity contribution in [3.63, 3.8) is 0 Å². The zero-order valence-corrected chi connectivity index (χ0v) is 13.3. The predicted octanol–water partition coefficient (Wildman–Crippen LogP) is 5.76. The standard InChI is InChI=1S/C14H10F10OS/c15-9(6-7-26-10(25)8-4-2-1-3-5-8)11(16,17)12(18,19)13(20,21)14(22,23)24/h1-5,9H,6-7H2. The van der Waals surface area contributed by atoms with Crippen molar-refractivity contribution >= 4 is 16.9 Å². The molecule has 0 aliphatic heterocycles. The monoisotopic (exact) mass is 416 g/mol. The summed E-state index contributed by atoms with van der Waals surface area (Å²) in [6.07, 6.45) is -12.6. The Morgan fingerprint density at radius 1 is 0.885 bits per heavy atom. The molecule has 0 amide bonds. The minimum absolute atomic E-state index is 0.0774. The third kappa shape index (κ3) is 4.26. The van der Waals surface area contributed by atoms with Crippen LogP contribution in [0.2, 0.25) is 0 Å². The van der Waals surface area contributed by atoms with Gasteiger partial charge >= 0.3 is 23.9 Å². The minimum atomic E-state index is -7.14. The van der Waals surface area contributed by atoms with Crippen LogP contribution < -0.4 is 0 Å². The average Bonchev–Trinajstić information content (AvgIpc) is 2.53. The maximum Gasteiger partial charge on any atom is 0.460 e. The first-order valence-electron chi connectivity index (χ1n) is 6.72. The van der Waals surface area contributed by atoms with Gasteiger partial charge in [0.2, 0.25) is 5.12 Å². The van der Waals surface area contributed by atoms with Crippen molar-refractivity contribution < 1.29 is 48.7 Å². The van der Waals surface area contributed by atoms with Crippen LogP contribution in [0.25, 0.3) is 0 Å². The molecule has 0 saturated heterocycles. The van der Waals surface area contributed by atoms with Crippen molar-refractivity contribution in [1.82, 2.24) is 0 Å². The number of thioether (sulfide) groups is 1. The van der Waals surface area contributed by atoms with Gasteiger partial charge in [0.25, 0.3) is 0 Å². The first-order chi connectivity index (χ1) is 11.7. The van der Waals surface area contributed by atoms with Crippen molar-refractivity contribution in [2.24, 2.45) is 0 Å². The number of halogens is 10. The zero-order valence-electron chi connectivity index (χ0n) is 12.5. The lowest BCUT2D eigenvalue weighted by atomic mass is 9.98.